The summed E-state index contributed by atoms with van der Waals surface area (Å²) in [7, 11) is 0. The molecule has 1 N–H and O–H groups in total. The molecule has 2 aromatic rings. The second kappa shape index (κ2) is 8.51. The number of hydrogen-bond acceptors (Lipinski definition) is 5. The summed E-state index contributed by atoms with van der Waals surface area (Å²) in [5.41, 5.74) is 3.74. The molecule has 1 aromatic heterocycles. The quantitative estimate of drug-likeness (QED) is 0.632. The van der Waals surface area contributed by atoms with Crippen LogP contribution in [0.2, 0.25) is 5.02 Å². The molecule has 0 spiro atoms. The van der Waals surface area contributed by atoms with Crippen LogP contribution < -0.4 is 15.4 Å². The first-order valence-electron chi connectivity index (χ1n) is 13.2. The minimum atomic E-state index is -0.735. The molecule has 1 aliphatic heterocycles. The Morgan fingerprint density at radius 2 is 1.69 bits per heavy atom. The Labute approximate surface area is 217 Å². The van der Waals surface area contributed by atoms with Gasteiger partial charge in [-0.1, -0.05) is 23.7 Å². The molecule has 1 saturated heterocycles. The lowest BCUT2D eigenvalue weighted by atomic mass is 9.46. The van der Waals surface area contributed by atoms with Crippen LogP contribution in [-0.4, -0.2) is 47.0 Å². The van der Waals surface area contributed by atoms with Crippen LogP contribution in [0.15, 0.2) is 29.2 Å². The third-order valence-corrected chi connectivity index (χ3v) is 9.92. The molecule has 7 nitrogen and oxygen atoms in total. The Hall–Kier alpha value is -2.54. The standard InChI is InChI=1S/C28H35ClN4O3/c1-18-4-3-5-22(19(18)2)31-6-8-32(9-7-31)23-16-30-33(26(36)25(23)29)28-13-20-10-21(14-28)12-27(11-20,17-28)15-24(34)35/h3-5,16,20-21H,6-15,17H2,1-2H3,(H,34,35)/t20-,21-,27?,28?/m1/s1. The molecule has 36 heavy (non-hydrogen) atoms. The summed E-state index contributed by atoms with van der Waals surface area (Å²) in [6.07, 6.45) is 7.56. The van der Waals surface area contributed by atoms with E-state index in [9.17, 15) is 14.7 Å². The zero-order valence-corrected chi connectivity index (χ0v) is 21.9. The Bertz CT molecular complexity index is 1250. The predicted molar refractivity (Wildman–Crippen MR) is 141 cm³/mol. The zero-order valence-electron chi connectivity index (χ0n) is 21.2. The van der Waals surface area contributed by atoms with E-state index in [1.54, 1.807) is 10.9 Å². The monoisotopic (exact) mass is 510 g/mol. The van der Waals surface area contributed by atoms with Gasteiger partial charge in [0.15, 0.2) is 0 Å². The van der Waals surface area contributed by atoms with Gasteiger partial charge in [-0.2, -0.15) is 5.10 Å². The SMILES string of the molecule is Cc1cccc(N2CCN(c3cnn(C45C[C@@H]6C[C@H](CC(CC(=O)O)(C6)C4)C5)c(=O)c3Cl)CC2)c1C. The van der Waals surface area contributed by atoms with Crippen molar-refractivity contribution in [2.75, 3.05) is 36.0 Å². The number of carboxylic acid groups (broad SMARTS) is 1. The summed E-state index contributed by atoms with van der Waals surface area (Å²) >= 11 is 6.77. The number of benzene rings is 1. The molecule has 0 amide bonds. The maximum atomic E-state index is 13.7. The van der Waals surface area contributed by atoms with E-state index in [-0.39, 0.29) is 22.4 Å². The molecule has 192 valence electrons. The first-order chi connectivity index (χ1) is 17.2. The van der Waals surface area contributed by atoms with Crippen LogP contribution in [0.5, 0.6) is 0 Å². The van der Waals surface area contributed by atoms with Crippen LogP contribution in [0.1, 0.15) is 56.1 Å². The van der Waals surface area contributed by atoms with E-state index >= 15 is 0 Å². The van der Waals surface area contributed by atoms with E-state index in [4.69, 9.17) is 16.7 Å². The van der Waals surface area contributed by atoms with Gasteiger partial charge in [-0.05, 0) is 86.8 Å². The number of aryl methyl sites for hydroxylation is 1. The number of aliphatic carboxylic acids is 1. The minimum absolute atomic E-state index is 0.188. The molecular formula is C28H35ClN4O3. The van der Waals surface area contributed by atoms with Crippen LogP contribution in [0.4, 0.5) is 11.4 Å². The van der Waals surface area contributed by atoms with Crippen molar-refractivity contribution in [3.05, 3.63) is 50.9 Å². The summed E-state index contributed by atoms with van der Waals surface area (Å²) in [6, 6.07) is 6.43. The van der Waals surface area contributed by atoms with Crippen LogP contribution in [-0.2, 0) is 10.3 Å². The molecule has 4 bridgehead atoms. The molecule has 0 radical (unpaired) electrons. The van der Waals surface area contributed by atoms with E-state index in [1.165, 1.54) is 16.8 Å². The highest BCUT2D eigenvalue weighted by molar-refractivity contribution is 6.33. The molecular weight excluding hydrogens is 476 g/mol. The molecule has 2 atom stereocenters. The third kappa shape index (κ3) is 3.82. The first-order valence-corrected chi connectivity index (χ1v) is 13.6. The number of nitrogens with zero attached hydrogens (tertiary/aromatic N) is 4. The van der Waals surface area contributed by atoms with Gasteiger partial charge >= 0.3 is 5.97 Å². The van der Waals surface area contributed by atoms with Gasteiger partial charge in [0.25, 0.3) is 5.56 Å². The van der Waals surface area contributed by atoms with Crippen molar-refractivity contribution in [1.29, 1.82) is 0 Å². The van der Waals surface area contributed by atoms with Crippen molar-refractivity contribution in [3.8, 4) is 0 Å². The smallest absolute Gasteiger partial charge is 0.303 e. The van der Waals surface area contributed by atoms with Crippen molar-refractivity contribution < 1.29 is 9.90 Å². The van der Waals surface area contributed by atoms with Crippen LogP contribution in [0, 0.1) is 31.1 Å². The molecule has 8 heteroatoms. The van der Waals surface area contributed by atoms with Gasteiger partial charge < -0.3 is 14.9 Å². The number of rotatable bonds is 5. The van der Waals surface area contributed by atoms with Crippen LogP contribution >= 0.6 is 11.6 Å². The largest absolute Gasteiger partial charge is 0.481 e. The van der Waals surface area contributed by atoms with Gasteiger partial charge in [0.2, 0.25) is 0 Å². The molecule has 7 rings (SSSR count). The Kier molecular flexibility index (Phi) is 5.63. The van der Waals surface area contributed by atoms with Crippen molar-refractivity contribution in [3.63, 3.8) is 0 Å². The molecule has 5 aliphatic rings. The average Bonchev–Trinajstić information content (AvgIpc) is 2.81. The lowest BCUT2D eigenvalue weighted by Crippen LogP contribution is -2.59. The van der Waals surface area contributed by atoms with Crippen LogP contribution in [0.25, 0.3) is 0 Å². The third-order valence-electron chi connectivity index (χ3n) is 9.56. The van der Waals surface area contributed by atoms with Gasteiger partial charge in [-0.3, -0.25) is 9.59 Å². The van der Waals surface area contributed by atoms with E-state index in [2.05, 4.69) is 41.8 Å². The molecule has 1 aromatic carbocycles. The second-order valence-corrected chi connectivity index (χ2v) is 12.4. The van der Waals surface area contributed by atoms with E-state index < -0.39 is 11.5 Å². The van der Waals surface area contributed by atoms with Crippen molar-refractivity contribution >= 4 is 28.9 Å². The zero-order chi connectivity index (χ0) is 25.2. The van der Waals surface area contributed by atoms with Crippen molar-refractivity contribution in [2.24, 2.45) is 17.3 Å². The topological polar surface area (TPSA) is 78.7 Å². The van der Waals surface area contributed by atoms with Crippen molar-refractivity contribution in [1.82, 2.24) is 9.78 Å². The highest BCUT2D eigenvalue weighted by atomic mass is 35.5. The molecule has 4 aliphatic carbocycles. The first kappa shape index (κ1) is 23.8. The van der Waals surface area contributed by atoms with E-state index in [0.29, 0.717) is 17.5 Å². The lowest BCUT2D eigenvalue weighted by molar-refractivity contribution is -0.151. The number of carbonyl (C=O) groups is 1. The summed E-state index contributed by atoms with van der Waals surface area (Å²) in [5, 5.41) is 14.6. The van der Waals surface area contributed by atoms with Gasteiger partial charge in [0.05, 0.1) is 23.8 Å². The highest BCUT2D eigenvalue weighted by Gasteiger charge is 2.59. The maximum absolute atomic E-state index is 13.7. The average molecular weight is 511 g/mol. The maximum Gasteiger partial charge on any atom is 0.303 e. The summed E-state index contributed by atoms with van der Waals surface area (Å²) < 4.78 is 1.65. The fraction of sp³-hybridized carbons (Fsp3) is 0.607. The van der Waals surface area contributed by atoms with E-state index in [1.807, 2.05) is 0 Å². The molecule has 5 fully saturated rings. The number of piperazine rings is 1. The second-order valence-electron chi connectivity index (χ2n) is 12.0. The Morgan fingerprint density at radius 3 is 2.33 bits per heavy atom. The summed E-state index contributed by atoms with van der Waals surface area (Å²) in [6.45, 7) is 7.57. The Balaban J connectivity index is 1.25. The van der Waals surface area contributed by atoms with Gasteiger partial charge in [0, 0.05) is 31.9 Å². The minimum Gasteiger partial charge on any atom is -0.481 e. The number of anilines is 2. The fourth-order valence-electron chi connectivity index (χ4n) is 8.43. The Morgan fingerprint density at radius 1 is 1.06 bits per heavy atom. The van der Waals surface area contributed by atoms with Crippen LogP contribution in [0.3, 0.4) is 0 Å². The number of carboxylic acids is 1. The number of hydrogen-bond donors (Lipinski definition) is 1. The normalized spacial score (nSPS) is 31.2. The fourth-order valence-corrected chi connectivity index (χ4v) is 8.67. The molecule has 0 unspecified atom stereocenters. The molecule has 4 saturated carbocycles. The van der Waals surface area contributed by atoms with Gasteiger partial charge in [0.1, 0.15) is 5.02 Å². The lowest BCUT2D eigenvalue weighted by Gasteiger charge is -2.61. The summed E-state index contributed by atoms with van der Waals surface area (Å²) in [5.74, 6) is 0.201. The number of halogens is 1. The van der Waals surface area contributed by atoms with E-state index in [0.717, 1.165) is 64.7 Å². The van der Waals surface area contributed by atoms with Crippen molar-refractivity contribution in [2.45, 2.75) is 64.3 Å². The van der Waals surface area contributed by atoms with Gasteiger partial charge in [-0.25, -0.2) is 4.68 Å². The number of aromatic nitrogens is 2. The highest BCUT2D eigenvalue weighted by Crippen LogP contribution is 2.65. The summed E-state index contributed by atoms with van der Waals surface area (Å²) in [4.78, 5) is 29.9. The predicted octanol–water partition coefficient (Wildman–Crippen LogP) is 4.61. The molecule has 2 heterocycles. The van der Waals surface area contributed by atoms with Gasteiger partial charge in [-0.15, -0.1) is 0 Å².